The summed E-state index contributed by atoms with van der Waals surface area (Å²) in [7, 11) is 3.49. The van der Waals surface area contributed by atoms with Gasteiger partial charge in [-0.3, -0.25) is 4.79 Å². The Morgan fingerprint density at radius 1 is 1.45 bits per heavy atom. The number of nitrogens with zero attached hydrogens (tertiary/aromatic N) is 1. The summed E-state index contributed by atoms with van der Waals surface area (Å²) >= 11 is 0. The van der Waals surface area contributed by atoms with Crippen LogP contribution in [0.3, 0.4) is 0 Å². The lowest BCUT2D eigenvalue weighted by Crippen LogP contribution is -2.35. The monoisotopic (exact) mass is 276 g/mol. The lowest BCUT2D eigenvalue weighted by Gasteiger charge is -2.20. The molecule has 0 saturated heterocycles. The summed E-state index contributed by atoms with van der Waals surface area (Å²) in [6.45, 7) is 4.66. The molecule has 0 radical (unpaired) electrons. The number of ether oxygens (including phenoxy) is 1. The first-order chi connectivity index (χ1) is 9.47. The number of hydrogen-bond donors (Lipinski definition) is 1. The molecule has 110 valence electrons. The van der Waals surface area contributed by atoms with E-state index in [9.17, 15) is 4.79 Å². The van der Waals surface area contributed by atoms with Crippen molar-refractivity contribution >= 4 is 5.91 Å². The van der Waals surface area contributed by atoms with Crippen molar-refractivity contribution in [2.45, 2.75) is 45.4 Å². The Morgan fingerprint density at radius 3 is 2.75 bits per heavy atom. The topological polar surface area (TPSA) is 41.6 Å². The van der Waals surface area contributed by atoms with Gasteiger partial charge < -0.3 is 15.0 Å². The van der Waals surface area contributed by atoms with Crippen LogP contribution >= 0.6 is 0 Å². The third-order valence-corrected chi connectivity index (χ3v) is 3.47. The molecule has 1 amide bonds. The van der Waals surface area contributed by atoms with E-state index in [2.05, 4.69) is 18.3 Å². The first-order valence-electron chi connectivity index (χ1n) is 7.18. The third kappa shape index (κ3) is 3.97. The molecular weight excluding hydrogens is 252 g/mol. The highest BCUT2D eigenvalue weighted by atomic mass is 16.5. The van der Waals surface area contributed by atoms with Gasteiger partial charge in [0.1, 0.15) is 5.75 Å². The largest absolute Gasteiger partial charge is 0.481 e. The normalized spacial score (nSPS) is 15.8. The first kappa shape index (κ1) is 14.9. The van der Waals surface area contributed by atoms with Gasteiger partial charge in [-0.25, -0.2) is 0 Å². The number of nitrogens with one attached hydrogen (secondary N) is 1. The summed E-state index contributed by atoms with van der Waals surface area (Å²) in [5.74, 6) is 0.776. The molecule has 1 aromatic rings. The van der Waals surface area contributed by atoms with E-state index in [1.807, 2.05) is 12.1 Å². The molecule has 1 N–H and O–H groups in total. The Balaban J connectivity index is 2.06. The van der Waals surface area contributed by atoms with E-state index >= 15 is 0 Å². The first-order valence-corrected chi connectivity index (χ1v) is 7.18. The van der Waals surface area contributed by atoms with Gasteiger partial charge >= 0.3 is 0 Å². The van der Waals surface area contributed by atoms with Gasteiger partial charge in [0.05, 0.1) is 0 Å². The number of aryl methyl sites for hydroxylation is 1. The average molecular weight is 276 g/mol. The maximum Gasteiger partial charge on any atom is 0.262 e. The molecule has 0 bridgehead atoms. The van der Waals surface area contributed by atoms with E-state index in [0.717, 1.165) is 17.9 Å². The minimum atomic E-state index is -0.465. The molecule has 0 heterocycles. The second-order valence-corrected chi connectivity index (χ2v) is 5.76. The Kier molecular flexibility index (Phi) is 4.65. The van der Waals surface area contributed by atoms with Crippen LogP contribution in [0.1, 0.15) is 30.9 Å². The summed E-state index contributed by atoms with van der Waals surface area (Å²) in [6, 6.07) is 6.75. The molecule has 1 atom stereocenters. The van der Waals surface area contributed by atoms with Gasteiger partial charge in [-0.1, -0.05) is 17.7 Å². The van der Waals surface area contributed by atoms with Crippen LogP contribution in [0, 0.1) is 6.92 Å². The van der Waals surface area contributed by atoms with Gasteiger partial charge in [0, 0.05) is 32.2 Å². The molecule has 0 aliphatic heterocycles. The summed E-state index contributed by atoms with van der Waals surface area (Å²) < 4.78 is 5.85. The number of carbonyl (C=O) groups excluding carboxylic acids is 1. The SMILES string of the molecule is Cc1ccc(OC(C)C(=O)N(C)C)c(CNC2CC2)c1. The zero-order chi connectivity index (χ0) is 14.7. The third-order valence-electron chi connectivity index (χ3n) is 3.47. The smallest absolute Gasteiger partial charge is 0.262 e. The molecule has 20 heavy (non-hydrogen) atoms. The van der Waals surface area contributed by atoms with E-state index in [4.69, 9.17) is 4.74 Å². The lowest BCUT2D eigenvalue weighted by molar-refractivity contribution is -0.135. The molecule has 0 aromatic heterocycles. The van der Waals surface area contributed by atoms with Crippen molar-refractivity contribution in [3.05, 3.63) is 29.3 Å². The highest BCUT2D eigenvalue weighted by Crippen LogP contribution is 2.24. The lowest BCUT2D eigenvalue weighted by atomic mass is 10.1. The van der Waals surface area contributed by atoms with Gasteiger partial charge in [-0.2, -0.15) is 0 Å². The van der Waals surface area contributed by atoms with E-state index in [-0.39, 0.29) is 5.91 Å². The molecule has 2 rings (SSSR count). The van der Waals surface area contributed by atoms with Crippen LogP contribution in [0.25, 0.3) is 0 Å². The number of hydrogen-bond acceptors (Lipinski definition) is 3. The average Bonchev–Trinajstić information content (AvgIpc) is 3.21. The molecule has 1 aromatic carbocycles. The van der Waals surface area contributed by atoms with E-state index in [0.29, 0.717) is 6.04 Å². The van der Waals surface area contributed by atoms with Gasteiger partial charge in [0.2, 0.25) is 0 Å². The Hall–Kier alpha value is -1.55. The van der Waals surface area contributed by atoms with E-state index < -0.39 is 6.10 Å². The predicted octanol–water partition coefficient (Wildman–Crippen LogP) is 2.10. The predicted molar refractivity (Wildman–Crippen MR) is 79.8 cm³/mol. The summed E-state index contributed by atoms with van der Waals surface area (Å²) in [5, 5.41) is 3.49. The van der Waals surface area contributed by atoms with Crippen LogP contribution in [-0.2, 0) is 11.3 Å². The summed E-state index contributed by atoms with van der Waals surface area (Å²) in [6.07, 6.45) is 2.06. The maximum absolute atomic E-state index is 11.9. The van der Waals surface area contributed by atoms with Crippen molar-refractivity contribution in [3.63, 3.8) is 0 Å². The van der Waals surface area contributed by atoms with Crippen LogP contribution in [0.4, 0.5) is 0 Å². The van der Waals surface area contributed by atoms with Crippen molar-refractivity contribution in [1.29, 1.82) is 0 Å². The number of amides is 1. The zero-order valence-electron chi connectivity index (χ0n) is 12.8. The fraction of sp³-hybridized carbons (Fsp3) is 0.562. The highest BCUT2D eigenvalue weighted by Gasteiger charge is 2.22. The van der Waals surface area contributed by atoms with Gasteiger partial charge in [0.25, 0.3) is 5.91 Å². The van der Waals surface area contributed by atoms with Crippen LogP contribution < -0.4 is 10.1 Å². The van der Waals surface area contributed by atoms with E-state index in [1.54, 1.807) is 25.9 Å². The molecule has 1 saturated carbocycles. The van der Waals surface area contributed by atoms with Crippen LogP contribution in [0.2, 0.25) is 0 Å². The highest BCUT2D eigenvalue weighted by molar-refractivity contribution is 5.80. The van der Waals surface area contributed by atoms with Crippen molar-refractivity contribution in [1.82, 2.24) is 10.2 Å². The van der Waals surface area contributed by atoms with Crippen LogP contribution in [-0.4, -0.2) is 37.0 Å². The molecule has 1 aliphatic rings. The minimum absolute atomic E-state index is 0.0216. The number of benzene rings is 1. The Bertz CT molecular complexity index is 481. The minimum Gasteiger partial charge on any atom is -0.481 e. The van der Waals surface area contributed by atoms with Crippen molar-refractivity contribution in [3.8, 4) is 5.75 Å². The number of carbonyl (C=O) groups is 1. The van der Waals surface area contributed by atoms with Crippen molar-refractivity contribution in [2.75, 3.05) is 14.1 Å². The fourth-order valence-corrected chi connectivity index (χ4v) is 2.11. The second-order valence-electron chi connectivity index (χ2n) is 5.76. The number of rotatable bonds is 6. The summed E-state index contributed by atoms with van der Waals surface area (Å²) in [4.78, 5) is 13.4. The molecule has 4 nitrogen and oxygen atoms in total. The molecule has 4 heteroatoms. The number of likely N-dealkylation sites (N-methyl/N-ethyl adjacent to an activating group) is 1. The van der Waals surface area contributed by atoms with Crippen LogP contribution in [0.15, 0.2) is 18.2 Å². The van der Waals surface area contributed by atoms with Gasteiger partial charge in [0.15, 0.2) is 6.10 Å². The molecule has 0 spiro atoms. The Morgan fingerprint density at radius 2 is 2.15 bits per heavy atom. The van der Waals surface area contributed by atoms with E-state index in [1.165, 1.54) is 18.4 Å². The summed E-state index contributed by atoms with van der Waals surface area (Å²) in [5.41, 5.74) is 2.33. The molecule has 1 aliphatic carbocycles. The Labute approximate surface area is 121 Å². The van der Waals surface area contributed by atoms with Gasteiger partial charge in [-0.05, 0) is 32.8 Å². The van der Waals surface area contributed by atoms with Crippen LogP contribution in [0.5, 0.6) is 5.75 Å². The van der Waals surface area contributed by atoms with Crippen molar-refractivity contribution in [2.24, 2.45) is 0 Å². The maximum atomic E-state index is 11.9. The quantitative estimate of drug-likeness (QED) is 0.865. The zero-order valence-corrected chi connectivity index (χ0v) is 12.8. The standard InChI is InChI=1S/C16H24N2O2/c1-11-5-8-15(20-12(2)16(19)18(3)4)13(9-11)10-17-14-6-7-14/h5,8-9,12,14,17H,6-7,10H2,1-4H3. The molecular formula is C16H24N2O2. The second kappa shape index (κ2) is 6.27. The molecule has 1 unspecified atom stereocenters. The van der Waals surface area contributed by atoms with Crippen molar-refractivity contribution < 1.29 is 9.53 Å². The van der Waals surface area contributed by atoms with Gasteiger partial charge in [-0.15, -0.1) is 0 Å². The fourth-order valence-electron chi connectivity index (χ4n) is 2.11. The molecule has 1 fully saturated rings.